The molecule has 1 saturated carbocycles. The number of oxazole rings is 1. The van der Waals surface area contributed by atoms with Gasteiger partial charge in [0.2, 0.25) is 11.8 Å². The van der Waals surface area contributed by atoms with Gasteiger partial charge in [-0.25, -0.2) is 4.98 Å². The molecule has 0 bridgehead atoms. The minimum absolute atomic E-state index is 0.131. The summed E-state index contributed by atoms with van der Waals surface area (Å²) in [5.41, 5.74) is 3.10. The minimum Gasteiger partial charge on any atom is -0.441 e. The van der Waals surface area contributed by atoms with Gasteiger partial charge in [0.15, 0.2) is 0 Å². The van der Waals surface area contributed by atoms with Gasteiger partial charge >= 0.3 is 0 Å². The van der Waals surface area contributed by atoms with Crippen molar-refractivity contribution >= 4 is 17.7 Å². The zero-order chi connectivity index (χ0) is 19.4. The van der Waals surface area contributed by atoms with Gasteiger partial charge < -0.3 is 9.73 Å². The molecule has 3 atom stereocenters. The van der Waals surface area contributed by atoms with Crippen LogP contribution in [0, 0.1) is 25.7 Å². The number of carbonyl (C=O) groups is 1. The highest BCUT2D eigenvalue weighted by Gasteiger charge is 2.28. The van der Waals surface area contributed by atoms with E-state index >= 15 is 0 Å². The topological polar surface area (TPSA) is 55.1 Å². The van der Waals surface area contributed by atoms with Crippen LogP contribution in [0.2, 0.25) is 0 Å². The van der Waals surface area contributed by atoms with Crippen molar-refractivity contribution in [3.8, 4) is 11.5 Å². The Bertz CT molecular complexity index is 786. The van der Waals surface area contributed by atoms with Crippen LogP contribution < -0.4 is 5.32 Å². The fourth-order valence-electron chi connectivity index (χ4n) is 3.74. The number of carbonyl (C=O) groups excluding carboxylic acids is 1. The Kier molecular flexibility index (Phi) is 6.64. The Labute approximate surface area is 166 Å². The normalized spacial score (nSPS) is 22.6. The molecule has 1 aliphatic carbocycles. The van der Waals surface area contributed by atoms with Crippen LogP contribution in [0.15, 0.2) is 28.7 Å². The molecule has 5 heteroatoms. The van der Waals surface area contributed by atoms with E-state index in [2.05, 4.69) is 43.2 Å². The number of hydrogen-bond donors (Lipinski definition) is 1. The molecule has 1 aliphatic rings. The van der Waals surface area contributed by atoms with Crippen molar-refractivity contribution in [2.24, 2.45) is 11.8 Å². The fourth-order valence-corrected chi connectivity index (χ4v) is 4.57. The average Bonchev–Trinajstić information content (AvgIpc) is 3.00. The number of nitrogens with zero attached hydrogens (tertiary/aromatic N) is 1. The van der Waals surface area contributed by atoms with Crippen molar-refractivity contribution in [3.63, 3.8) is 0 Å². The zero-order valence-corrected chi connectivity index (χ0v) is 17.6. The predicted molar refractivity (Wildman–Crippen MR) is 112 cm³/mol. The molecule has 1 heterocycles. The quantitative estimate of drug-likeness (QED) is 0.747. The van der Waals surface area contributed by atoms with E-state index < -0.39 is 0 Å². The van der Waals surface area contributed by atoms with Gasteiger partial charge in [0.25, 0.3) is 0 Å². The van der Waals surface area contributed by atoms with E-state index in [0.717, 1.165) is 23.4 Å². The smallest absolute Gasteiger partial charge is 0.230 e. The van der Waals surface area contributed by atoms with Gasteiger partial charge in [-0.15, -0.1) is 11.8 Å². The molecule has 1 aromatic heterocycles. The molecule has 1 amide bonds. The molecule has 2 aromatic rings. The minimum atomic E-state index is 0.131. The van der Waals surface area contributed by atoms with Crippen molar-refractivity contribution in [1.29, 1.82) is 0 Å². The summed E-state index contributed by atoms with van der Waals surface area (Å²) in [6.07, 6.45) is 3.59. The molecule has 27 heavy (non-hydrogen) atoms. The number of thioether (sulfide) groups is 1. The lowest BCUT2D eigenvalue weighted by Gasteiger charge is -2.34. The van der Waals surface area contributed by atoms with Gasteiger partial charge in [0.1, 0.15) is 5.76 Å². The maximum absolute atomic E-state index is 12.3. The van der Waals surface area contributed by atoms with E-state index in [1.165, 1.54) is 18.4 Å². The first kappa shape index (κ1) is 20.0. The van der Waals surface area contributed by atoms with Gasteiger partial charge in [0, 0.05) is 17.4 Å². The van der Waals surface area contributed by atoms with Crippen LogP contribution in [-0.2, 0) is 10.5 Å². The van der Waals surface area contributed by atoms with Crippen LogP contribution in [0.1, 0.15) is 50.1 Å². The zero-order valence-electron chi connectivity index (χ0n) is 16.7. The molecule has 0 radical (unpaired) electrons. The molecule has 1 aromatic carbocycles. The predicted octanol–water partition coefficient (Wildman–Crippen LogP) is 5.13. The van der Waals surface area contributed by atoms with E-state index in [0.29, 0.717) is 35.3 Å². The molecule has 4 nitrogen and oxygen atoms in total. The Morgan fingerprint density at radius 1 is 1.30 bits per heavy atom. The third-order valence-electron chi connectivity index (χ3n) is 5.68. The lowest BCUT2D eigenvalue weighted by Crippen LogP contribution is -2.44. The summed E-state index contributed by atoms with van der Waals surface area (Å²) in [5.74, 6) is 4.01. The molecule has 3 rings (SSSR count). The maximum atomic E-state index is 12.3. The molecule has 1 N–H and O–H groups in total. The van der Waals surface area contributed by atoms with Crippen molar-refractivity contribution in [2.75, 3.05) is 5.75 Å². The highest BCUT2D eigenvalue weighted by molar-refractivity contribution is 7.99. The van der Waals surface area contributed by atoms with Gasteiger partial charge in [-0.05, 0) is 44.2 Å². The molecule has 1 fully saturated rings. The van der Waals surface area contributed by atoms with Crippen molar-refractivity contribution < 1.29 is 9.21 Å². The SMILES string of the molecule is Cc1cccc(-c2nc(CSCC(=O)N[C@@H]3CCC[C@H](C)[C@@H]3C)c(C)o2)c1. The van der Waals surface area contributed by atoms with Gasteiger partial charge in [0.05, 0.1) is 11.4 Å². The van der Waals surface area contributed by atoms with E-state index in [9.17, 15) is 4.79 Å². The average molecular weight is 387 g/mol. The third-order valence-corrected chi connectivity index (χ3v) is 6.63. The van der Waals surface area contributed by atoms with Crippen molar-refractivity contribution in [3.05, 3.63) is 41.3 Å². The summed E-state index contributed by atoms with van der Waals surface area (Å²) >= 11 is 1.60. The number of amides is 1. The lowest BCUT2D eigenvalue weighted by atomic mass is 9.78. The Balaban J connectivity index is 1.51. The van der Waals surface area contributed by atoms with E-state index in [1.807, 2.05) is 19.1 Å². The Hall–Kier alpha value is -1.75. The van der Waals surface area contributed by atoms with Crippen molar-refractivity contribution in [2.45, 2.75) is 58.8 Å². The van der Waals surface area contributed by atoms with Crippen LogP contribution in [-0.4, -0.2) is 22.7 Å². The maximum Gasteiger partial charge on any atom is 0.230 e. The highest BCUT2D eigenvalue weighted by Crippen LogP contribution is 2.29. The third kappa shape index (κ3) is 5.16. The first-order chi connectivity index (χ1) is 12.9. The molecular weight excluding hydrogens is 356 g/mol. The van der Waals surface area contributed by atoms with Crippen LogP contribution in [0.5, 0.6) is 0 Å². The Morgan fingerprint density at radius 3 is 2.89 bits per heavy atom. The van der Waals surface area contributed by atoms with Crippen LogP contribution in [0.4, 0.5) is 0 Å². The molecule has 146 valence electrons. The first-order valence-corrected chi connectivity index (χ1v) is 11.0. The number of nitrogens with one attached hydrogen (secondary N) is 1. The highest BCUT2D eigenvalue weighted by atomic mass is 32.2. The Morgan fingerprint density at radius 2 is 2.11 bits per heavy atom. The summed E-state index contributed by atoms with van der Waals surface area (Å²) in [6.45, 7) is 8.54. The molecule has 0 spiro atoms. The second-order valence-corrected chi connectivity index (χ2v) is 8.81. The molecular formula is C22H30N2O2S. The second kappa shape index (κ2) is 8.96. The summed E-state index contributed by atoms with van der Waals surface area (Å²) in [5, 5.41) is 3.23. The van der Waals surface area contributed by atoms with E-state index in [-0.39, 0.29) is 5.91 Å². The summed E-state index contributed by atoms with van der Waals surface area (Å²) < 4.78 is 5.84. The number of aromatic nitrogens is 1. The monoisotopic (exact) mass is 386 g/mol. The lowest BCUT2D eigenvalue weighted by molar-refractivity contribution is -0.119. The number of benzene rings is 1. The van der Waals surface area contributed by atoms with Gasteiger partial charge in [-0.1, -0.05) is 44.4 Å². The molecule has 0 unspecified atom stereocenters. The summed E-state index contributed by atoms with van der Waals surface area (Å²) in [7, 11) is 0. The van der Waals surface area contributed by atoms with Crippen LogP contribution >= 0.6 is 11.8 Å². The molecule has 0 aliphatic heterocycles. The van der Waals surface area contributed by atoms with Crippen LogP contribution in [0.25, 0.3) is 11.5 Å². The van der Waals surface area contributed by atoms with Gasteiger partial charge in [-0.3, -0.25) is 4.79 Å². The van der Waals surface area contributed by atoms with Crippen LogP contribution in [0.3, 0.4) is 0 Å². The van der Waals surface area contributed by atoms with Crippen molar-refractivity contribution in [1.82, 2.24) is 10.3 Å². The first-order valence-electron chi connectivity index (χ1n) is 9.84. The number of aryl methyl sites for hydroxylation is 2. The van der Waals surface area contributed by atoms with Gasteiger partial charge in [-0.2, -0.15) is 0 Å². The second-order valence-electron chi connectivity index (χ2n) is 7.83. The van der Waals surface area contributed by atoms with E-state index in [1.54, 1.807) is 11.8 Å². The summed E-state index contributed by atoms with van der Waals surface area (Å²) in [6, 6.07) is 8.47. The largest absolute Gasteiger partial charge is 0.441 e. The molecule has 0 saturated heterocycles. The van der Waals surface area contributed by atoms with E-state index in [4.69, 9.17) is 4.42 Å². The number of rotatable bonds is 6. The standard InChI is InChI=1S/C22H30N2O2S/c1-14-7-5-9-18(11-14)22-24-20(17(4)26-22)12-27-13-21(25)23-19-10-6-8-15(2)16(19)3/h5,7,9,11,15-16,19H,6,8,10,12-13H2,1-4H3,(H,23,25)/t15-,16-,19+/m0/s1. The number of hydrogen-bond acceptors (Lipinski definition) is 4. The summed E-state index contributed by atoms with van der Waals surface area (Å²) in [4.78, 5) is 17.0. The fraction of sp³-hybridized carbons (Fsp3) is 0.545.